The van der Waals surface area contributed by atoms with Crippen molar-refractivity contribution in [1.82, 2.24) is 20.0 Å². The van der Waals surface area contributed by atoms with Crippen LogP contribution >= 0.6 is 0 Å². The summed E-state index contributed by atoms with van der Waals surface area (Å²) in [5, 5.41) is 2.84. The number of nitrogens with one attached hydrogen (secondary N) is 1. The number of rotatable bonds is 7. The third-order valence-electron chi connectivity index (χ3n) is 4.33. The molecule has 7 heteroatoms. The van der Waals surface area contributed by atoms with Gasteiger partial charge in [0.1, 0.15) is 0 Å². The van der Waals surface area contributed by atoms with Gasteiger partial charge in [-0.25, -0.2) is 0 Å². The molecule has 1 aliphatic rings. The quantitative estimate of drug-likeness (QED) is 0.696. The minimum absolute atomic E-state index is 0.0115. The van der Waals surface area contributed by atoms with Gasteiger partial charge in [0, 0.05) is 27.2 Å². The van der Waals surface area contributed by atoms with E-state index in [1.807, 2.05) is 13.8 Å². The van der Waals surface area contributed by atoms with Crippen molar-refractivity contribution in [2.75, 3.05) is 53.4 Å². The molecule has 1 saturated heterocycles. The molecular weight excluding hydrogens is 308 g/mol. The Morgan fingerprint density at radius 3 is 2.00 bits per heavy atom. The zero-order valence-electron chi connectivity index (χ0n) is 15.7. The van der Waals surface area contributed by atoms with Crippen LogP contribution in [0, 0.1) is 5.92 Å². The fraction of sp³-hybridized carbons (Fsp3) is 0.824. The van der Waals surface area contributed by atoms with Gasteiger partial charge in [-0.1, -0.05) is 13.8 Å². The molecule has 0 saturated carbocycles. The van der Waals surface area contributed by atoms with Gasteiger partial charge in [-0.05, 0) is 32.4 Å². The monoisotopic (exact) mass is 340 g/mol. The van der Waals surface area contributed by atoms with Crippen molar-refractivity contribution in [3.63, 3.8) is 0 Å². The second kappa shape index (κ2) is 9.74. The molecule has 0 spiro atoms. The van der Waals surface area contributed by atoms with Crippen LogP contribution in [-0.4, -0.2) is 91.7 Å². The van der Waals surface area contributed by atoms with Crippen LogP contribution in [0.5, 0.6) is 0 Å². The van der Waals surface area contributed by atoms with Crippen molar-refractivity contribution in [3.8, 4) is 0 Å². The highest BCUT2D eigenvalue weighted by Gasteiger charge is 2.23. The first-order valence-corrected chi connectivity index (χ1v) is 8.65. The van der Waals surface area contributed by atoms with Crippen LogP contribution < -0.4 is 5.32 Å². The summed E-state index contributed by atoms with van der Waals surface area (Å²) in [6.45, 7) is 9.30. The van der Waals surface area contributed by atoms with E-state index in [1.54, 1.807) is 19.0 Å². The average molecular weight is 340 g/mol. The second-order valence-electron chi connectivity index (χ2n) is 7.09. The Labute approximate surface area is 145 Å². The Morgan fingerprint density at radius 2 is 1.54 bits per heavy atom. The summed E-state index contributed by atoms with van der Waals surface area (Å²) >= 11 is 0. The van der Waals surface area contributed by atoms with Gasteiger partial charge < -0.3 is 10.2 Å². The van der Waals surface area contributed by atoms with Crippen LogP contribution in [0.15, 0.2) is 0 Å². The molecule has 0 radical (unpaired) electrons. The molecule has 7 nitrogen and oxygen atoms in total. The topological polar surface area (TPSA) is 73.0 Å². The third kappa shape index (κ3) is 6.97. The number of hydrogen-bond acceptors (Lipinski definition) is 5. The van der Waals surface area contributed by atoms with Crippen LogP contribution in [0.1, 0.15) is 27.2 Å². The molecule has 1 N–H and O–H groups in total. The molecule has 1 fully saturated rings. The van der Waals surface area contributed by atoms with Crippen molar-refractivity contribution in [2.24, 2.45) is 5.92 Å². The van der Waals surface area contributed by atoms with Crippen molar-refractivity contribution >= 4 is 17.6 Å². The second-order valence-corrected chi connectivity index (χ2v) is 7.09. The minimum Gasteiger partial charge on any atom is -0.348 e. The predicted molar refractivity (Wildman–Crippen MR) is 93.6 cm³/mol. The molecular formula is C17H32N4O3. The molecule has 1 aliphatic heterocycles. The molecule has 1 unspecified atom stereocenters. The molecule has 1 heterocycles. The Bertz CT molecular complexity index is 451. The summed E-state index contributed by atoms with van der Waals surface area (Å²) in [6, 6.07) is -0.418. The highest BCUT2D eigenvalue weighted by molar-refractivity contribution is 5.88. The maximum atomic E-state index is 12.2. The van der Waals surface area contributed by atoms with Crippen LogP contribution in [-0.2, 0) is 14.4 Å². The van der Waals surface area contributed by atoms with Crippen molar-refractivity contribution < 1.29 is 14.4 Å². The maximum Gasteiger partial charge on any atom is 0.236 e. The molecule has 0 aromatic rings. The van der Waals surface area contributed by atoms with E-state index in [4.69, 9.17) is 0 Å². The zero-order valence-corrected chi connectivity index (χ0v) is 15.7. The summed E-state index contributed by atoms with van der Waals surface area (Å²) in [6.07, 6.45) is 0.925. The van der Waals surface area contributed by atoms with Crippen molar-refractivity contribution in [1.29, 1.82) is 0 Å². The first kappa shape index (κ1) is 20.6. The van der Waals surface area contributed by atoms with E-state index in [9.17, 15) is 14.4 Å². The Kier molecular flexibility index (Phi) is 8.35. The van der Waals surface area contributed by atoms with Gasteiger partial charge >= 0.3 is 0 Å². The van der Waals surface area contributed by atoms with Crippen molar-refractivity contribution in [3.05, 3.63) is 0 Å². The fourth-order valence-corrected chi connectivity index (χ4v) is 2.83. The standard InChI is InChI=1S/C17H32N4O3/c1-13(2)17(14(3)22)18-15(23)11-20-7-6-8-21(10-9-20)12-16(24)19(4)5/h13,17H,6-12H2,1-5H3,(H,18,23). The minimum atomic E-state index is -0.418. The number of carbonyl (C=O) groups excluding carboxylic acids is 3. The van der Waals surface area contributed by atoms with Gasteiger partial charge in [0.2, 0.25) is 11.8 Å². The summed E-state index contributed by atoms with van der Waals surface area (Å²) in [5.74, 6) is 0.0647. The summed E-state index contributed by atoms with van der Waals surface area (Å²) < 4.78 is 0. The molecule has 1 atom stereocenters. The molecule has 0 aromatic carbocycles. The number of nitrogens with zero attached hydrogens (tertiary/aromatic N) is 3. The molecule has 138 valence electrons. The number of hydrogen-bond donors (Lipinski definition) is 1. The lowest BCUT2D eigenvalue weighted by atomic mass is 10.0. The lowest BCUT2D eigenvalue weighted by Gasteiger charge is -2.24. The van der Waals surface area contributed by atoms with Gasteiger partial charge in [0.05, 0.1) is 19.1 Å². The Morgan fingerprint density at radius 1 is 1.00 bits per heavy atom. The van der Waals surface area contributed by atoms with E-state index in [0.717, 1.165) is 32.6 Å². The normalized spacial score (nSPS) is 18.1. The summed E-state index contributed by atoms with van der Waals surface area (Å²) in [7, 11) is 3.52. The van der Waals surface area contributed by atoms with E-state index in [-0.39, 0.29) is 23.5 Å². The summed E-state index contributed by atoms with van der Waals surface area (Å²) in [5.41, 5.74) is 0. The summed E-state index contributed by atoms with van der Waals surface area (Å²) in [4.78, 5) is 41.4. The predicted octanol–water partition coefficient (Wildman–Crippen LogP) is -0.188. The molecule has 2 amide bonds. The van der Waals surface area contributed by atoms with Crippen LogP contribution in [0.3, 0.4) is 0 Å². The SMILES string of the molecule is CC(=O)C(NC(=O)CN1CCCN(CC(=O)N(C)C)CC1)C(C)C. The molecule has 0 bridgehead atoms. The van der Waals surface area contributed by atoms with Crippen LogP contribution in [0.2, 0.25) is 0 Å². The van der Waals surface area contributed by atoms with Gasteiger partial charge in [0.25, 0.3) is 0 Å². The fourth-order valence-electron chi connectivity index (χ4n) is 2.83. The molecule has 24 heavy (non-hydrogen) atoms. The lowest BCUT2D eigenvalue weighted by Crippen LogP contribution is -2.48. The van der Waals surface area contributed by atoms with E-state index in [1.165, 1.54) is 6.92 Å². The lowest BCUT2D eigenvalue weighted by molar-refractivity contribution is -0.130. The number of carbonyl (C=O) groups is 3. The first-order valence-electron chi connectivity index (χ1n) is 8.65. The number of Topliss-reactive ketones (excluding diaryl/α,β-unsaturated/α-hetero) is 1. The van der Waals surface area contributed by atoms with Crippen LogP contribution in [0.4, 0.5) is 0 Å². The van der Waals surface area contributed by atoms with Gasteiger partial charge in [-0.3, -0.25) is 24.2 Å². The third-order valence-corrected chi connectivity index (χ3v) is 4.33. The largest absolute Gasteiger partial charge is 0.348 e. The van der Waals surface area contributed by atoms with Crippen molar-refractivity contribution in [2.45, 2.75) is 33.2 Å². The van der Waals surface area contributed by atoms with Gasteiger partial charge in [-0.15, -0.1) is 0 Å². The van der Waals surface area contributed by atoms with Gasteiger partial charge in [0.15, 0.2) is 5.78 Å². The highest BCUT2D eigenvalue weighted by atomic mass is 16.2. The molecule has 1 rings (SSSR count). The maximum absolute atomic E-state index is 12.2. The molecule has 0 aromatic heterocycles. The molecule has 0 aliphatic carbocycles. The zero-order chi connectivity index (χ0) is 18.3. The Hall–Kier alpha value is -1.47. The number of ketones is 1. The van der Waals surface area contributed by atoms with E-state index in [2.05, 4.69) is 15.1 Å². The Balaban J connectivity index is 2.45. The smallest absolute Gasteiger partial charge is 0.236 e. The number of amides is 2. The van der Waals surface area contributed by atoms with Gasteiger partial charge in [-0.2, -0.15) is 0 Å². The van der Waals surface area contributed by atoms with E-state index < -0.39 is 6.04 Å². The van der Waals surface area contributed by atoms with E-state index >= 15 is 0 Å². The van der Waals surface area contributed by atoms with Crippen LogP contribution in [0.25, 0.3) is 0 Å². The average Bonchev–Trinajstić information content (AvgIpc) is 2.69. The highest BCUT2D eigenvalue weighted by Crippen LogP contribution is 2.05. The van der Waals surface area contributed by atoms with E-state index in [0.29, 0.717) is 13.1 Å². The first-order chi connectivity index (χ1) is 11.2. The number of likely N-dealkylation sites (N-methyl/N-ethyl adjacent to an activating group) is 1.